The van der Waals surface area contributed by atoms with Gasteiger partial charge in [0.05, 0.1) is 11.9 Å². The summed E-state index contributed by atoms with van der Waals surface area (Å²) >= 11 is 0. The van der Waals surface area contributed by atoms with Crippen molar-refractivity contribution in [2.45, 2.75) is 26.2 Å². The van der Waals surface area contributed by atoms with Gasteiger partial charge in [0.25, 0.3) is 0 Å². The standard InChI is InChI=1S/C10H14N2/c1-7(2)9-5-11-6-10-8(9)3-4-12-10/h5-7,12H,3-4H2,1-2H3. The maximum absolute atomic E-state index is 4.22. The molecule has 0 unspecified atom stereocenters. The van der Waals surface area contributed by atoms with Crippen LogP contribution in [0.15, 0.2) is 12.4 Å². The van der Waals surface area contributed by atoms with Gasteiger partial charge in [-0.3, -0.25) is 4.98 Å². The van der Waals surface area contributed by atoms with E-state index in [0.29, 0.717) is 5.92 Å². The fraction of sp³-hybridized carbons (Fsp3) is 0.500. The molecular formula is C10H14N2. The van der Waals surface area contributed by atoms with Crippen molar-refractivity contribution in [2.75, 3.05) is 11.9 Å². The van der Waals surface area contributed by atoms with E-state index in [4.69, 9.17) is 0 Å². The summed E-state index contributed by atoms with van der Waals surface area (Å²) in [5.74, 6) is 0.590. The van der Waals surface area contributed by atoms with Crippen LogP contribution in [0.1, 0.15) is 30.9 Å². The van der Waals surface area contributed by atoms with E-state index >= 15 is 0 Å². The quantitative estimate of drug-likeness (QED) is 0.684. The first-order valence-electron chi connectivity index (χ1n) is 4.49. The number of nitrogens with one attached hydrogen (secondary N) is 1. The fourth-order valence-corrected chi connectivity index (χ4v) is 1.75. The van der Waals surface area contributed by atoms with Gasteiger partial charge in [0, 0.05) is 12.7 Å². The highest BCUT2D eigenvalue weighted by Crippen LogP contribution is 2.28. The number of nitrogens with zero attached hydrogens (tertiary/aromatic N) is 1. The zero-order valence-corrected chi connectivity index (χ0v) is 7.59. The van der Waals surface area contributed by atoms with Crippen LogP contribution >= 0.6 is 0 Å². The highest BCUT2D eigenvalue weighted by Gasteiger charge is 2.15. The zero-order chi connectivity index (χ0) is 8.55. The minimum absolute atomic E-state index is 0.590. The number of hydrogen-bond acceptors (Lipinski definition) is 2. The molecule has 1 N–H and O–H groups in total. The van der Waals surface area contributed by atoms with E-state index in [2.05, 4.69) is 24.1 Å². The lowest BCUT2D eigenvalue weighted by molar-refractivity contribution is 0.841. The molecule has 1 aliphatic heterocycles. The van der Waals surface area contributed by atoms with Crippen LogP contribution in [0.3, 0.4) is 0 Å². The predicted octanol–water partition coefficient (Wildman–Crippen LogP) is 2.17. The van der Waals surface area contributed by atoms with Crippen LogP contribution in [0.5, 0.6) is 0 Å². The number of aromatic nitrogens is 1. The Hall–Kier alpha value is -1.05. The van der Waals surface area contributed by atoms with Gasteiger partial charge in [-0.05, 0) is 23.5 Å². The molecule has 0 fully saturated rings. The lowest BCUT2D eigenvalue weighted by atomic mass is 9.98. The van der Waals surface area contributed by atoms with Crippen LogP contribution in [0.4, 0.5) is 5.69 Å². The maximum Gasteiger partial charge on any atom is 0.0562 e. The molecule has 1 aliphatic rings. The highest BCUT2D eigenvalue weighted by atomic mass is 14.9. The molecule has 0 radical (unpaired) electrons. The zero-order valence-electron chi connectivity index (χ0n) is 7.59. The molecule has 2 heterocycles. The molecule has 0 aliphatic carbocycles. The third-order valence-corrected chi connectivity index (χ3v) is 2.40. The van der Waals surface area contributed by atoms with E-state index < -0.39 is 0 Å². The van der Waals surface area contributed by atoms with Gasteiger partial charge < -0.3 is 5.32 Å². The normalized spacial score (nSPS) is 14.6. The van der Waals surface area contributed by atoms with E-state index in [1.54, 1.807) is 0 Å². The van der Waals surface area contributed by atoms with Crippen molar-refractivity contribution in [3.63, 3.8) is 0 Å². The molecule has 0 spiro atoms. The Kier molecular flexibility index (Phi) is 1.75. The summed E-state index contributed by atoms with van der Waals surface area (Å²) in [6.07, 6.45) is 5.08. The van der Waals surface area contributed by atoms with Crippen LogP contribution in [0.2, 0.25) is 0 Å². The van der Waals surface area contributed by atoms with Crippen molar-refractivity contribution in [3.8, 4) is 0 Å². The largest absolute Gasteiger partial charge is 0.383 e. The highest BCUT2D eigenvalue weighted by molar-refractivity contribution is 5.57. The Bertz CT molecular complexity index is 292. The second kappa shape index (κ2) is 2.77. The van der Waals surface area contributed by atoms with Gasteiger partial charge >= 0.3 is 0 Å². The van der Waals surface area contributed by atoms with Crippen molar-refractivity contribution >= 4 is 5.69 Å². The lowest BCUT2D eigenvalue weighted by Crippen LogP contribution is -1.94. The molecule has 0 bridgehead atoms. The van der Waals surface area contributed by atoms with Crippen molar-refractivity contribution in [1.82, 2.24) is 4.98 Å². The fourth-order valence-electron chi connectivity index (χ4n) is 1.75. The molecule has 1 aromatic heterocycles. The summed E-state index contributed by atoms with van der Waals surface area (Å²) in [5.41, 5.74) is 4.11. The SMILES string of the molecule is CC(C)c1cncc2c1CCN2. The topological polar surface area (TPSA) is 24.9 Å². The van der Waals surface area contributed by atoms with E-state index in [-0.39, 0.29) is 0 Å². The average molecular weight is 162 g/mol. The first-order valence-corrected chi connectivity index (χ1v) is 4.49. The Morgan fingerprint density at radius 3 is 3.00 bits per heavy atom. The number of hydrogen-bond donors (Lipinski definition) is 1. The van der Waals surface area contributed by atoms with Gasteiger partial charge in [-0.1, -0.05) is 13.8 Å². The summed E-state index contributed by atoms with van der Waals surface area (Å²) in [6, 6.07) is 0. The molecule has 64 valence electrons. The molecule has 2 rings (SSSR count). The van der Waals surface area contributed by atoms with Crippen LogP contribution in [0, 0.1) is 0 Å². The number of anilines is 1. The molecule has 2 heteroatoms. The van der Waals surface area contributed by atoms with E-state index in [1.807, 2.05) is 12.4 Å². The Morgan fingerprint density at radius 1 is 1.42 bits per heavy atom. The molecule has 0 amide bonds. The monoisotopic (exact) mass is 162 g/mol. The minimum atomic E-state index is 0.590. The summed E-state index contributed by atoms with van der Waals surface area (Å²) in [6.45, 7) is 5.51. The molecule has 0 saturated carbocycles. The molecule has 1 aromatic rings. The van der Waals surface area contributed by atoms with Crippen LogP contribution in [-0.2, 0) is 6.42 Å². The molecule has 0 aromatic carbocycles. The van der Waals surface area contributed by atoms with Gasteiger partial charge in [-0.2, -0.15) is 0 Å². The molecule has 12 heavy (non-hydrogen) atoms. The first kappa shape index (κ1) is 7.59. The number of pyridine rings is 1. The predicted molar refractivity (Wildman–Crippen MR) is 50.5 cm³/mol. The Labute approximate surface area is 73.0 Å². The average Bonchev–Trinajstić information content (AvgIpc) is 2.49. The van der Waals surface area contributed by atoms with Gasteiger partial charge in [0.2, 0.25) is 0 Å². The van der Waals surface area contributed by atoms with Crippen LogP contribution in [-0.4, -0.2) is 11.5 Å². The van der Waals surface area contributed by atoms with Gasteiger partial charge in [0.1, 0.15) is 0 Å². The lowest BCUT2D eigenvalue weighted by Gasteiger charge is -2.09. The molecule has 2 nitrogen and oxygen atoms in total. The minimum Gasteiger partial charge on any atom is -0.383 e. The van der Waals surface area contributed by atoms with Gasteiger partial charge in [-0.15, -0.1) is 0 Å². The Morgan fingerprint density at radius 2 is 2.25 bits per heavy atom. The van der Waals surface area contributed by atoms with E-state index in [0.717, 1.165) is 13.0 Å². The van der Waals surface area contributed by atoms with Crippen molar-refractivity contribution in [2.24, 2.45) is 0 Å². The van der Waals surface area contributed by atoms with Crippen molar-refractivity contribution in [1.29, 1.82) is 0 Å². The van der Waals surface area contributed by atoms with Crippen LogP contribution in [0.25, 0.3) is 0 Å². The van der Waals surface area contributed by atoms with Crippen LogP contribution < -0.4 is 5.32 Å². The second-order valence-corrected chi connectivity index (χ2v) is 3.59. The molecular weight excluding hydrogens is 148 g/mol. The van der Waals surface area contributed by atoms with Crippen molar-refractivity contribution < 1.29 is 0 Å². The van der Waals surface area contributed by atoms with Gasteiger partial charge in [-0.25, -0.2) is 0 Å². The first-order chi connectivity index (χ1) is 5.79. The summed E-state index contributed by atoms with van der Waals surface area (Å²) in [5, 5.41) is 3.33. The third-order valence-electron chi connectivity index (χ3n) is 2.40. The summed E-state index contributed by atoms with van der Waals surface area (Å²) < 4.78 is 0. The molecule has 0 atom stereocenters. The van der Waals surface area contributed by atoms with E-state index in [9.17, 15) is 0 Å². The van der Waals surface area contributed by atoms with Crippen molar-refractivity contribution in [3.05, 3.63) is 23.5 Å². The maximum atomic E-state index is 4.22. The Balaban J connectivity index is 2.49. The smallest absolute Gasteiger partial charge is 0.0562 e. The number of fused-ring (bicyclic) bond motifs is 1. The number of rotatable bonds is 1. The van der Waals surface area contributed by atoms with E-state index in [1.165, 1.54) is 16.8 Å². The summed E-state index contributed by atoms with van der Waals surface area (Å²) in [4.78, 5) is 4.22. The third kappa shape index (κ3) is 1.07. The molecule has 0 saturated heterocycles. The van der Waals surface area contributed by atoms with Gasteiger partial charge in [0.15, 0.2) is 0 Å². The summed E-state index contributed by atoms with van der Waals surface area (Å²) in [7, 11) is 0. The second-order valence-electron chi connectivity index (χ2n) is 3.59.